The monoisotopic (exact) mass is 309 g/mol. The average molecular weight is 309 g/mol. The van der Waals surface area contributed by atoms with Crippen LogP contribution in [0.15, 0.2) is 64.2 Å². The van der Waals surface area contributed by atoms with Crippen LogP contribution >= 0.6 is 0 Å². The number of hydrogen-bond acceptors (Lipinski definition) is 3. The van der Waals surface area contributed by atoms with Crippen LogP contribution in [0.3, 0.4) is 0 Å². The van der Waals surface area contributed by atoms with E-state index in [-0.39, 0.29) is 18.9 Å². The number of carbonyl (C=O) groups excluding carboxylic acids is 1. The van der Waals surface area contributed by atoms with Gasteiger partial charge in [-0.05, 0) is 24.3 Å². The van der Waals surface area contributed by atoms with Crippen molar-refractivity contribution in [3.8, 4) is 0 Å². The van der Waals surface area contributed by atoms with E-state index in [2.05, 4.69) is 10.3 Å². The average Bonchev–Trinajstić information content (AvgIpc) is 2.55. The highest BCUT2D eigenvalue weighted by molar-refractivity contribution is 5.90. The molecule has 116 valence electrons. The van der Waals surface area contributed by atoms with Gasteiger partial charge in [0.2, 0.25) is 5.91 Å². The molecule has 6 heteroatoms. The smallest absolute Gasteiger partial charge is 0.326 e. The van der Waals surface area contributed by atoms with Crippen LogP contribution < -0.4 is 16.6 Å². The molecule has 0 aliphatic rings. The SMILES string of the molecule is O=C(CCn1c(=O)[nH]c(=O)c2ccccc21)Nc1ccccc1. The molecular weight excluding hydrogens is 294 g/mol. The molecule has 23 heavy (non-hydrogen) atoms. The number of fused-ring (bicyclic) bond motifs is 1. The van der Waals surface area contributed by atoms with Crippen molar-refractivity contribution in [3.63, 3.8) is 0 Å². The molecule has 1 amide bonds. The minimum absolute atomic E-state index is 0.130. The standard InChI is InChI=1S/C17H15N3O3/c21-15(18-12-6-2-1-3-7-12)10-11-20-14-9-5-4-8-13(14)16(22)19-17(20)23/h1-9H,10-11H2,(H,18,21)(H,19,22,23). The van der Waals surface area contributed by atoms with E-state index >= 15 is 0 Å². The van der Waals surface area contributed by atoms with Gasteiger partial charge in [-0.15, -0.1) is 0 Å². The summed E-state index contributed by atoms with van der Waals surface area (Å²) in [5.74, 6) is -0.196. The van der Waals surface area contributed by atoms with Crippen molar-refractivity contribution in [2.75, 3.05) is 5.32 Å². The summed E-state index contributed by atoms with van der Waals surface area (Å²) in [6, 6.07) is 15.9. The molecule has 0 radical (unpaired) electrons. The van der Waals surface area contributed by atoms with E-state index in [4.69, 9.17) is 0 Å². The first-order valence-corrected chi connectivity index (χ1v) is 7.22. The molecule has 0 unspecified atom stereocenters. The Labute approximate surface area is 131 Å². The van der Waals surface area contributed by atoms with E-state index in [1.54, 1.807) is 36.4 Å². The van der Waals surface area contributed by atoms with E-state index in [9.17, 15) is 14.4 Å². The van der Waals surface area contributed by atoms with Gasteiger partial charge in [0.15, 0.2) is 0 Å². The van der Waals surface area contributed by atoms with Crippen molar-refractivity contribution < 1.29 is 4.79 Å². The molecule has 3 aromatic rings. The number of carbonyl (C=O) groups is 1. The Bertz CT molecular complexity index is 958. The zero-order valence-electron chi connectivity index (χ0n) is 12.3. The molecule has 1 heterocycles. The van der Waals surface area contributed by atoms with Crippen LogP contribution in [0, 0.1) is 0 Å². The van der Waals surface area contributed by atoms with Gasteiger partial charge < -0.3 is 5.32 Å². The Morgan fingerprint density at radius 2 is 1.70 bits per heavy atom. The number of H-pyrrole nitrogens is 1. The van der Waals surface area contributed by atoms with Crippen molar-refractivity contribution >= 4 is 22.5 Å². The minimum atomic E-state index is -0.513. The van der Waals surface area contributed by atoms with E-state index in [0.29, 0.717) is 16.6 Å². The molecule has 0 aliphatic carbocycles. The molecule has 0 saturated carbocycles. The summed E-state index contributed by atoms with van der Waals surface area (Å²) in [5.41, 5.74) is 0.293. The highest BCUT2D eigenvalue weighted by atomic mass is 16.2. The second-order valence-corrected chi connectivity index (χ2v) is 5.09. The van der Waals surface area contributed by atoms with Crippen LogP contribution in [-0.4, -0.2) is 15.5 Å². The summed E-state index contributed by atoms with van der Waals surface area (Å²) in [4.78, 5) is 38.1. The van der Waals surface area contributed by atoms with Crippen LogP contribution in [-0.2, 0) is 11.3 Å². The zero-order chi connectivity index (χ0) is 16.2. The maximum Gasteiger partial charge on any atom is 0.328 e. The Hall–Kier alpha value is -3.15. The number of aryl methyl sites for hydroxylation is 1. The molecule has 0 saturated heterocycles. The fraction of sp³-hybridized carbons (Fsp3) is 0.118. The number of nitrogens with zero attached hydrogens (tertiary/aromatic N) is 1. The van der Waals surface area contributed by atoms with E-state index in [0.717, 1.165) is 0 Å². The predicted molar refractivity (Wildman–Crippen MR) is 88.5 cm³/mol. The number of anilines is 1. The first kappa shape index (κ1) is 14.8. The highest BCUT2D eigenvalue weighted by Gasteiger charge is 2.09. The maximum absolute atomic E-state index is 12.0. The van der Waals surface area contributed by atoms with Crippen LogP contribution in [0.25, 0.3) is 10.9 Å². The zero-order valence-corrected chi connectivity index (χ0v) is 12.3. The second-order valence-electron chi connectivity index (χ2n) is 5.09. The summed E-state index contributed by atoms with van der Waals surface area (Å²) in [6.07, 6.45) is 0.130. The normalized spacial score (nSPS) is 10.6. The van der Waals surface area contributed by atoms with E-state index in [1.165, 1.54) is 4.57 Å². The molecule has 0 atom stereocenters. The third kappa shape index (κ3) is 3.21. The molecule has 0 bridgehead atoms. The van der Waals surface area contributed by atoms with Gasteiger partial charge >= 0.3 is 5.69 Å². The van der Waals surface area contributed by atoms with E-state index in [1.807, 2.05) is 18.2 Å². The van der Waals surface area contributed by atoms with Crippen molar-refractivity contribution in [1.29, 1.82) is 0 Å². The molecule has 2 aromatic carbocycles. The first-order chi connectivity index (χ1) is 11.1. The van der Waals surface area contributed by atoms with Crippen molar-refractivity contribution in [2.45, 2.75) is 13.0 Å². The highest BCUT2D eigenvalue weighted by Crippen LogP contribution is 2.08. The Balaban J connectivity index is 1.81. The van der Waals surface area contributed by atoms with Gasteiger partial charge in [0.05, 0.1) is 10.9 Å². The maximum atomic E-state index is 12.0. The number of nitrogens with one attached hydrogen (secondary N) is 2. The lowest BCUT2D eigenvalue weighted by Gasteiger charge is -2.09. The van der Waals surface area contributed by atoms with Gasteiger partial charge in [0.1, 0.15) is 0 Å². The summed E-state index contributed by atoms with van der Waals surface area (Å²) >= 11 is 0. The molecule has 0 aliphatic heterocycles. The van der Waals surface area contributed by atoms with Crippen LogP contribution in [0.5, 0.6) is 0 Å². The van der Waals surface area contributed by atoms with Gasteiger partial charge in [0.25, 0.3) is 5.56 Å². The second kappa shape index (κ2) is 6.31. The fourth-order valence-electron chi connectivity index (χ4n) is 2.42. The van der Waals surface area contributed by atoms with Crippen molar-refractivity contribution in [1.82, 2.24) is 9.55 Å². The molecule has 2 N–H and O–H groups in total. The first-order valence-electron chi connectivity index (χ1n) is 7.22. The third-order valence-electron chi connectivity index (χ3n) is 3.53. The number of rotatable bonds is 4. The van der Waals surface area contributed by atoms with Crippen LogP contribution in [0.1, 0.15) is 6.42 Å². The van der Waals surface area contributed by atoms with Gasteiger partial charge in [-0.2, -0.15) is 0 Å². The molecule has 0 spiro atoms. The molecule has 3 rings (SSSR count). The van der Waals surface area contributed by atoms with Gasteiger partial charge in [-0.3, -0.25) is 19.1 Å². The molecule has 1 aromatic heterocycles. The number of amides is 1. The topological polar surface area (TPSA) is 84.0 Å². The van der Waals surface area contributed by atoms with Gasteiger partial charge in [-0.1, -0.05) is 30.3 Å². The lowest BCUT2D eigenvalue weighted by atomic mass is 10.2. The Morgan fingerprint density at radius 1 is 1.00 bits per heavy atom. The number of benzene rings is 2. The van der Waals surface area contributed by atoms with Gasteiger partial charge in [0, 0.05) is 18.7 Å². The largest absolute Gasteiger partial charge is 0.328 e. The summed E-state index contributed by atoms with van der Waals surface area (Å²) in [5, 5.41) is 3.19. The summed E-state index contributed by atoms with van der Waals surface area (Å²) in [7, 11) is 0. The third-order valence-corrected chi connectivity index (χ3v) is 3.53. The van der Waals surface area contributed by atoms with Gasteiger partial charge in [-0.25, -0.2) is 4.79 Å². The predicted octanol–water partition coefficient (Wildman–Crippen LogP) is 1.72. The summed E-state index contributed by atoms with van der Waals surface area (Å²) < 4.78 is 1.40. The van der Waals surface area contributed by atoms with Crippen molar-refractivity contribution in [2.24, 2.45) is 0 Å². The summed E-state index contributed by atoms with van der Waals surface area (Å²) in [6.45, 7) is 0.189. The minimum Gasteiger partial charge on any atom is -0.326 e. The van der Waals surface area contributed by atoms with Crippen LogP contribution in [0.4, 0.5) is 5.69 Å². The van der Waals surface area contributed by atoms with E-state index < -0.39 is 11.2 Å². The molecular formula is C17H15N3O3. The van der Waals surface area contributed by atoms with Crippen molar-refractivity contribution in [3.05, 3.63) is 75.4 Å². The molecule has 0 fully saturated rings. The molecule has 6 nitrogen and oxygen atoms in total. The quantitative estimate of drug-likeness (QED) is 0.769. The number of para-hydroxylation sites is 2. The van der Waals surface area contributed by atoms with Crippen LogP contribution in [0.2, 0.25) is 0 Å². The number of aromatic amines is 1. The number of hydrogen-bond donors (Lipinski definition) is 2. The number of aromatic nitrogens is 2. The Morgan fingerprint density at radius 3 is 2.48 bits per heavy atom. The fourth-order valence-corrected chi connectivity index (χ4v) is 2.42. The lowest BCUT2D eigenvalue weighted by Crippen LogP contribution is -2.31. The lowest BCUT2D eigenvalue weighted by molar-refractivity contribution is -0.116. The Kier molecular flexibility index (Phi) is 4.05.